The van der Waals surface area contributed by atoms with E-state index in [2.05, 4.69) is 84.0 Å². The van der Waals surface area contributed by atoms with E-state index in [4.69, 9.17) is 10.5 Å². The molecule has 5 N–H and O–H groups in total. The molecule has 14 nitrogen and oxygen atoms in total. The van der Waals surface area contributed by atoms with Gasteiger partial charge in [-0.2, -0.15) is 0 Å². The number of nitrogen functional groups attached to an aromatic ring is 1. The van der Waals surface area contributed by atoms with Gasteiger partial charge in [-0.25, -0.2) is 19.9 Å². The first-order valence-electron chi connectivity index (χ1n) is 17.6. The van der Waals surface area contributed by atoms with Gasteiger partial charge in [-0.1, -0.05) is 60.7 Å². The van der Waals surface area contributed by atoms with E-state index in [1.54, 1.807) is 37.4 Å². The zero-order valence-corrected chi connectivity index (χ0v) is 30.5. The van der Waals surface area contributed by atoms with E-state index in [0.29, 0.717) is 34.6 Å². The maximum atomic E-state index is 11.7. The molecule has 0 saturated heterocycles. The Morgan fingerprint density at radius 2 is 1.20 bits per heavy atom. The monoisotopic (exact) mass is 732 g/mol. The lowest BCUT2D eigenvalue weighted by atomic mass is 10.1. The minimum Gasteiger partial charge on any atom is -0.399 e. The molecule has 8 aromatic rings. The molecular weight excluding hydrogens is 693 g/mol. The molecular formula is C41H40N12O2. The highest BCUT2D eigenvalue weighted by Gasteiger charge is 2.12. The van der Waals surface area contributed by atoms with Crippen molar-refractivity contribution in [3.63, 3.8) is 0 Å². The highest BCUT2D eigenvalue weighted by molar-refractivity contribution is 5.94. The molecule has 0 aliphatic rings. The Morgan fingerprint density at radius 1 is 0.691 bits per heavy atom. The molecule has 14 heteroatoms. The van der Waals surface area contributed by atoms with Crippen LogP contribution >= 0.6 is 0 Å². The lowest BCUT2D eigenvalue weighted by Gasteiger charge is -2.15. The number of anilines is 4. The maximum absolute atomic E-state index is 11.7. The van der Waals surface area contributed by atoms with Gasteiger partial charge in [-0.15, -0.1) is 0 Å². The molecule has 8 rings (SSSR count). The molecule has 0 unspecified atom stereocenters. The number of carbonyl (C=O) groups is 1. The predicted octanol–water partition coefficient (Wildman–Crippen LogP) is 7.14. The third kappa shape index (κ3) is 8.72. The highest BCUT2D eigenvalue weighted by Crippen LogP contribution is 2.24. The number of hydrogen-bond donors (Lipinski definition) is 4. The Balaban J connectivity index is 0.000000172. The SMILES string of the molecule is COCC(=O)Nc1ccc2c(c1)ncn2-c1cncc(N[C@@H](C)c2ccccc2)n1.C[C@H](Nc1cncc(-n2cnc3cc(N)ccc32)n1)c1ccccc1. The molecule has 4 aromatic heterocycles. The predicted molar refractivity (Wildman–Crippen MR) is 215 cm³/mol. The first kappa shape index (κ1) is 36.2. The topological polar surface area (TPSA) is 176 Å². The van der Waals surface area contributed by atoms with Crippen LogP contribution in [0.15, 0.2) is 135 Å². The molecule has 55 heavy (non-hydrogen) atoms. The molecule has 2 atom stereocenters. The lowest BCUT2D eigenvalue weighted by molar-refractivity contribution is -0.119. The number of benzene rings is 4. The standard InChI is InChI=1S/C22H22N6O2.C19H18N6/c1-15(16-6-4-3-5-7-16)25-20-11-23-12-21(27-20)28-14-24-18-10-17(8-9-19(18)28)26-22(29)13-30-2;1-13(14-5-3-2-4-6-14)23-18-10-21-11-19(24-18)25-12-22-16-9-15(20)7-8-17(16)25/h3-12,14-15H,13H2,1-2H3,(H,25,27)(H,26,29);2-13H,20H2,1H3,(H,23,24)/t15-;13-/m00/s1. The van der Waals surface area contributed by atoms with Gasteiger partial charge in [0.2, 0.25) is 5.91 Å². The molecule has 0 saturated carbocycles. The fraction of sp³-hybridized carbons (Fsp3) is 0.146. The first-order chi connectivity index (χ1) is 26.8. The summed E-state index contributed by atoms with van der Waals surface area (Å²) in [5.41, 5.74) is 12.9. The van der Waals surface area contributed by atoms with Gasteiger partial charge in [0.1, 0.15) is 30.9 Å². The number of methoxy groups -OCH3 is 1. The summed E-state index contributed by atoms with van der Waals surface area (Å²) < 4.78 is 8.60. The van der Waals surface area contributed by atoms with Gasteiger partial charge in [-0.05, 0) is 61.4 Å². The van der Waals surface area contributed by atoms with Crippen LogP contribution < -0.4 is 21.7 Å². The number of amides is 1. The van der Waals surface area contributed by atoms with Crippen LogP contribution in [0.5, 0.6) is 0 Å². The van der Waals surface area contributed by atoms with E-state index in [1.165, 1.54) is 18.2 Å². The summed E-state index contributed by atoms with van der Waals surface area (Å²) in [6, 6.07) is 31.8. The van der Waals surface area contributed by atoms with Crippen molar-refractivity contribution in [3.8, 4) is 11.6 Å². The fourth-order valence-corrected chi connectivity index (χ4v) is 5.99. The van der Waals surface area contributed by atoms with Crippen LogP contribution in [0.2, 0.25) is 0 Å². The second-order valence-electron chi connectivity index (χ2n) is 12.7. The second-order valence-corrected chi connectivity index (χ2v) is 12.7. The Kier molecular flexibility index (Phi) is 11.0. The van der Waals surface area contributed by atoms with Crippen molar-refractivity contribution < 1.29 is 9.53 Å². The fourth-order valence-electron chi connectivity index (χ4n) is 5.99. The minimum absolute atomic E-state index is 0.00324. The summed E-state index contributed by atoms with van der Waals surface area (Å²) >= 11 is 0. The van der Waals surface area contributed by atoms with E-state index in [1.807, 2.05) is 81.9 Å². The number of fused-ring (bicyclic) bond motifs is 2. The number of ether oxygens (including phenoxy) is 1. The van der Waals surface area contributed by atoms with Crippen LogP contribution in [0.25, 0.3) is 33.7 Å². The van der Waals surface area contributed by atoms with Crippen LogP contribution in [0.4, 0.5) is 23.0 Å². The largest absolute Gasteiger partial charge is 0.399 e. The number of aromatic nitrogens is 8. The molecule has 1 amide bonds. The van der Waals surface area contributed by atoms with Crippen LogP contribution in [0.3, 0.4) is 0 Å². The second kappa shape index (κ2) is 16.7. The Hall–Kier alpha value is -7.19. The van der Waals surface area contributed by atoms with E-state index in [0.717, 1.165) is 22.1 Å². The number of nitrogens with two attached hydrogens (primary N) is 1. The number of imidazole rings is 2. The smallest absolute Gasteiger partial charge is 0.250 e. The number of hydrogen-bond acceptors (Lipinski definition) is 11. The van der Waals surface area contributed by atoms with Crippen LogP contribution in [-0.4, -0.2) is 58.7 Å². The summed E-state index contributed by atoms with van der Waals surface area (Å²) in [6.07, 6.45) is 10.3. The first-order valence-corrected chi connectivity index (χ1v) is 17.6. The van der Waals surface area contributed by atoms with E-state index < -0.39 is 0 Å². The highest BCUT2D eigenvalue weighted by atomic mass is 16.5. The van der Waals surface area contributed by atoms with Gasteiger partial charge in [0.15, 0.2) is 11.6 Å². The third-order valence-corrected chi connectivity index (χ3v) is 8.74. The van der Waals surface area contributed by atoms with Gasteiger partial charge in [-0.3, -0.25) is 23.9 Å². The molecule has 276 valence electrons. The van der Waals surface area contributed by atoms with Gasteiger partial charge in [0, 0.05) is 30.6 Å². The Morgan fingerprint density at radius 3 is 1.73 bits per heavy atom. The lowest BCUT2D eigenvalue weighted by Crippen LogP contribution is -2.16. The summed E-state index contributed by atoms with van der Waals surface area (Å²) in [4.78, 5) is 38.5. The Labute approximate surface area is 317 Å². The quantitative estimate of drug-likeness (QED) is 0.0995. The number of nitrogens with zero attached hydrogens (tertiary/aromatic N) is 8. The van der Waals surface area contributed by atoms with Gasteiger partial charge >= 0.3 is 0 Å². The molecule has 4 heterocycles. The number of rotatable bonds is 11. The Bertz CT molecular complexity index is 2520. The van der Waals surface area contributed by atoms with Gasteiger partial charge in [0.25, 0.3) is 0 Å². The number of nitrogens with one attached hydrogen (secondary N) is 3. The van der Waals surface area contributed by atoms with Gasteiger partial charge in [0.05, 0.1) is 46.9 Å². The van der Waals surface area contributed by atoms with Crippen molar-refractivity contribution >= 4 is 51.0 Å². The van der Waals surface area contributed by atoms with Crippen LogP contribution in [0, 0.1) is 0 Å². The van der Waals surface area contributed by atoms with Crippen molar-refractivity contribution in [2.24, 2.45) is 0 Å². The average molecular weight is 733 g/mol. The van der Waals surface area contributed by atoms with E-state index >= 15 is 0 Å². The maximum Gasteiger partial charge on any atom is 0.250 e. The van der Waals surface area contributed by atoms with E-state index in [-0.39, 0.29) is 24.6 Å². The molecule has 0 bridgehead atoms. The summed E-state index contributed by atoms with van der Waals surface area (Å²) in [5.74, 6) is 2.53. The molecule has 0 aliphatic carbocycles. The minimum atomic E-state index is -0.214. The average Bonchev–Trinajstić information content (AvgIpc) is 3.83. The zero-order chi connectivity index (χ0) is 38.1. The van der Waals surface area contributed by atoms with Crippen LogP contribution in [0.1, 0.15) is 37.1 Å². The summed E-state index contributed by atoms with van der Waals surface area (Å²) in [5, 5.41) is 9.55. The summed E-state index contributed by atoms with van der Waals surface area (Å²) in [7, 11) is 1.48. The third-order valence-electron chi connectivity index (χ3n) is 8.74. The molecule has 0 aliphatic heterocycles. The molecule has 4 aromatic carbocycles. The van der Waals surface area contributed by atoms with E-state index in [9.17, 15) is 4.79 Å². The molecule has 0 spiro atoms. The van der Waals surface area contributed by atoms with Crippen LogP contribution in [-0.2, 0) is 9.53 Å². The molecule has 0 radical (unpaired) electrons. The van der Waals surface area contributed by atoms with Crippen molar-refractivity contribution in [2.75, 3.05) is 35.4 Å². The summed E-state index contributed by atoms with van der Waals surface area (Å²) in [6.45, 7) is 4.18. The van der Waals surface area contributed by atoms with Crippen molar-refractivity contribution in [3.05, 3.63) is 146 Å². The number of carbonyl (C=O) groups excluding carboxylic acids is 1. The zero-order valence-electron chi connectivity index (χ0n) is 30.5. The normalized spacial score (nSPS) is 12.1. The molecule has 0 fully saturated rings. The van der Waals surface area contributed by atoms with Crippen molar-refractivity contribution in [1.29, 1.82) is 0 Å². The van der Waals surface area contributed by atoms with Gasteiger partial charge < -0.3 is 26.4 Å². The van der Waals surface area contributed by atoms with Crippen molar-refractivity contribution in [2.45, 2.75) is 25.9 Å². The van der Waals surface area contributed by atoms with Crippen molar-refractivity contribution in [1.82, 2.24) is 39.0 Å².